The molecule has 0 saturated heterocycles. The highest BCUT2D eigenvalue weighted by atomic mass is 35.5. The van der Waals surface area contributed by atoms with Crippen LogP contribution in [0.5, 0.6) is 0 Å². The lowest BCUT2D eigenvalue weighted by atomic mass is 9.71. The summed E-state index contributed by atoms with van der Waals surface area (Å²) < 4.78 is 39.7. The molecule has 0 spiro atoms. The highest BCUT2D eigenvalue weighted by Gasteiger charge is 2.35. The van der Waals surface area contributed by atoms with Crippen LogP contribution in [0.25, 0.3) is 0 Å². The summed E-state index contributed by atoms with van der Waals surface area (Å²) >= 11 is 0. The van der Waals surface area contributed by atoms with Crippen LogP contribution in [-0.2, 0) is 6.18 Å². The molecule has 2 atom stereocenters. The van der Waals surface area contributed by atoms with Gasteiger partial charge in [-0.2, -0.15) is 13.2 Å². The highest BCUT2D eigenvalue weighted by molar-refractivity contribution is 5.85. The van der Waals surface area contributed by atoms with Crippen LogP contribution < -0.4 is 0 Å². The lowest BCUT2D eigenvalue weighted by Crippen LogP contribution is -2.20. The Hall–Kier alpha value is -1.52. The number of hydrogen-bond acceptors (Lipinski definition) is 1. The van der Waals surface area contributed by atoms with Crippen molar-refractivity contribution in [2.24, 2.45) is 0 Å². The van der Waals surface area contributed by atoms with E-state index in [9.17, 15) is 13.2 Å². The van der Waals surface area contributed by atoms with Crippen LogP contribution in [0.15, 0.2) is 42.5 Å². The standard InChI is InChI=1S/C21H24F3N.ClH/c1-14-16-7-4-5-8-18(16)19(9-6-12-25(2)3)20-13-15(21(22,23)24)10-11-17(14)20;/h4-5,7-8,10-11,13-14,19H,6,9,12H2,1-3H3;1H. The molecule has 0 fully saturated rings. The van der Waals surface area contributed by atoms with Gasteiger partial charge < -0.3 is 4.90 Å². The van der Waals surface area contributed by atoms with Gasteiger partial charge >= 0.3 is 6.18 Å². The minimum Gasteiger partial charge on any atom is -0.309 e. The zero-order valence-electron chi connectivity index (χ0n) is 15.3. The van der Waals surface area contributed by atoms with E-state index >= 15 is 0 Å². The van der Waals surface area contributed by atoms with E-state index in [1.165, 1.54) is 23.3 Å². The van der Waals surface area contributed by atoms with Gasteiger partial charge in [-0.15, -0.1) is 12.4 Å². The molecule has 26 heavy (non-hydrogen) atoms. The summed E-state index contributed by atoms with van der Waals surface area (Å²) in [5, 5.41) is 0. The lowest BCUT2D eigenvalue weighted by Gasteiger charge is -2.33. The van der Waals surface area contributed by atoms with Gasteiger partial charge in [-0.05, 0) is 67.9 Å². The van der Waals surface area contributed by atoms with Crippen molar-refractivity contribution in [2.75, 3.05) is 20.6 Å². The van der Waals surface area contributed by atoms with E-state index in [1.54, 1.807) is 6.07 Å². The number of nitrogens with zero attached hydrogens (tertiary/aromatic N) is 1. The maximum absolute atomic E-state index is 13.2. The van der Waals surface area contributed by atoms with E-state index in [-0.39, 0.29) is 24.2 Å². The first-order valence-electron chi connectivity index (χ1n) is 8.73. The molecule has 0 saturated carbocycles. The fourth-order valence-electron chi connectivity index (χ4n) is 3.93. The van der Waals surface area contributed by atoms with Gasteiger partial charge in [-0.25, -0.2) is 0 Å². The molecule has 1 aliphatic carbocycles. The molecular formula is C21H25ClF3N. The molecule has 1 nitrogen and oxygen atoms in total. The third-order valence-electron chi connectivity index (χ3n) is 5.19. The molecule has 3 rings (SSSR count). The number of benzene rings is 2. The highest BCUT2D eigenvalue weighted by Crippen LogP contribution is 2.46. The smallest absolute Gasteiger partial charge is 0.309 e. The summed E-state index contributed by atoms with van der Waals surface area (Å²) in [5.41, 5.74) is 3.75. The second-order valence-corrected chi connectivity index (χ2v) is 7.19. The lowest BCUT2D eigenvalue weighted by molar-refractivity contribution is -0.137. The summed E-state index contributed by atoms with van der Waals surface area (Å²) in [5.74, 6) is 0.156. The first kappa shape index (κ1) is 20.8. The average Bonchev–Trinajstić information content (AvgIpc) is 2.56. The quantitative estimate of drug-likeness (QED) is 0.619. The van der Waals surface area contributed by atoms with Crippen LogP contribution in [0, 0.1) is 0 Å². The Balaban J connectivity index is 0.00000243. The predicted molar refractivity (Wildman–Crippen MR) is 102 cm³/mol. The molecule has 5 heteroatoms. The maximum atomic E-state index is 13.2. The molecule has 0 aliphatic heterocycles. The van der Waals surface area contributed by atoms with Crippen molar-refractivity contribution >= 4 is 12.4 Å². The van der Waals surface area contributed by atoms with E-state index in [1.807, 2.05) is 26.2 Å². The van der Waals surface area contributed by atoms with Gasteiger partial charge in [-0.3, -0.25) is 0 Å². The molecular weight excluding hydrogens is 359 g/mol. The number of hydrogen-bond donors (Lipinski definition) is 0. The normalized spacial score (nSPS) is 18.9. The van der Waals surface area contributed by atoms with E-state index < -0.39 is 11.7 Å². The van der Waals surface area contributed by atoms with Crippen LogP contribution >= 0.6 is 12.4 Å². The molecule has 2 aromatic rings. The van der Waals surface area contributed by atoms with Crippen molar-refractivity contribution in [3.63, 3.8) is 0 Å². The van der Waals surface area contributed by atoms with Crippen LogP contribution in [-0.4, -0.2) is 25.5 Å². The molecule has 0 amide bonds. The van der Waals surface area contributed by atoms with Crippen LogP contribution in [0.4, 0.5) is 13.2 Å². The first-order chi connectivity index (χ1) is 11.8. The topological polar surface area (TPSA) is 3.24 Å². The van der Waals surface area contributed by atoms with E-state index in [0.29, 0.717) is 0 Å². The van der Waals surface area contributed by atoms with Crippen LogP contribution in [0.1, 0.15) is 59.4 Å². The van der Waals surface area contributed by atoms with Gasteiger partial charge in [0.15, 0.2) is 0 Å². The average molecular weight is 384 g/mol. The summed E-state index contributed by atoms with van der Waals surface area (Å²) in [4.78, 5) is 2.12. The molecule has 2 aromatic carbocycles. The predicted octanol–water partition coefficient (Wildman–Crippen LogP) is 6.07. The second-order valence-electron chi connectivity index (χ2n) is 7.19. The molecule has 0 radical (unpaired) electrons. The molecule has 2 unspecified atom stereocenters. The van der Waals surface area contributed by atoms with Crippen molar-refractivity contribution in [3.05, 3.63) is 70.3 Å². The Morgan fingerprint density at radius 3 is 2.15 bits per heavy atom. The number of fused-ring (bicyclic) bond motifs is 2. The third-order valence-corrected chi connectivity index (χ3v) is 5.19. The van der Waals surface area contributed by atoms with E-state index in [2.05, 4.69) is 24.0 Å². The Kier molecular flexibility index (Phi) is 6.41. The number of rotatable bonds is 4. The van der Waals surface area contributed by atoms with Crippen molar-refractivity contribution in [2.45, 2.75) is 37.8 Å². The third kappa shape index (κ3) is 4.07. The van der Waals surface area contributed by atoms with Crippen LogP contribution in [0.2, 0.25) is 0 Å². The van der Waals surface area contributed by atoms with Gasteiger partial charge in [0.2, 0.25) is 0 Å². The molecule has 142 valence electrons. The van der Waals surface area contributed by atoms with Crippen molar-refractivity contribution < 1.29 is 13.2 Å². The SMILES string of the molecule is CC1c2ccccc2C(CCCN(C)C)c2cc(C(F)(F)F)ccc21.Cl. The van der Waals surface area contributed by atoms with E-state index in [0.717, 1.165) is 30.5 Å². The zero-order valence-corrected chi connectivity index (χ0v) is 16.1. The largest absolute Gasteiger partial charge is 0.416 e. The Morgan fingerprint density at radius 2 is 1.54 bits per heavy atom. The van der Waals surface area contributed by atoms with Gasteiger partial charge in [0, 0.05) is 11.8 Å². The molecule has 0 bridgehead atoms. The maximum Gasteiger partial charge on any atom is 0.416 e. The van der Waals surface area contributed by atoms with Gasteiger partial charge in [-0.1, -0.05) is 37.3 Å². The van der Waals surface area contributed by atoms with E-state index in [4.69, 9.17) is 0 Å². The Morgan fingerprint density at radius 1 is 0.923 bits per heavy atom. The summed E-state index contributed by atoms with van der Waals surface area (Å²) in [6.07, 6.45) is -2.49. The van der Waals surface area contributed by atoms with Gasteiger partial charge in [0.25, 0.3) is 0 Å². The minimum absolute atomic E-state index is 0. The summed E-state index contributed by atoms with van der Waals surface area (Å²) in [7, 11) is 4.04. The zero-order chi connectivity index (χ0) is 18.2. The van der Waals surface area contributed by atoms with Gasteiger partial charge in [0.05, 0.1) is 5.56 Å². The first-order valence-corrected chi connectivity index (χ1v) is 8.73. The molecule has 1 aliphatic rings. The van der Waals surface area contributed by atoms with Crippen molar-refractivity contribution in [1.82, 2.24) is 4.90 Å². The second kappa shape index (κ2) is 8.01. The molecule has 0 heterocycles. The molecule has 0 N–H and O–H groups in total. The van der Waals surface area contributed by atoms with Crippen molar-refractivity contribution in [3.8, 4) is 0 Å². The fraction of sp³-hybridized carbons (Fsp3) is 0.429. The van der Waals surface area contributed by atoms with Crippen LogP contribution in [0.3, 0.4) is 0 Å². The molecule has 0 aromatic heterocycles. The van der Waals surface area contributed by atoms with Crippen molar-refractivity contribution in [1.29, 1.82) is 0 Å². The minimum atomic E-state index is -4.30. The number of halogens is 4. The summed E-state index contributed by atoms with van der Waals surface area (Å²) in [6, 6.07) is 12.5. The monoisotopic (exact) mass is 383 g/mol. The Bertz CT molecular complexity index is 755. The van der Waals surface area contributed by atoms with Gasteiger partial charge in [0.1, 0.15) is 0 Å². The fourth-order valence-corrected chi connectivity index (χ4v) is 3.93. The summed E-state index contributed by atoms with van der Waals surface area (Å²) in [6.45, 7) is 3.02. The Labute approximate surface area is 159 Å². The number of alkyl halides is 3.